The number of ether oxygens (including phenoxy) is 1. The van der Waals surface area contributed by atoms with E-state index in [1.807, 2.05) is 26.8 Å². The van der Waals surface area contributed by atoms with Gasteiger partial charge in [0.1, 0.15) is 18.3 Å². The normalized spacial score (nSPS) is 12.1. The van der Waals surface area contributed by atoms with E-state index in [0.717, 1.165) is 15.4 Å². The summed E-state index contributed by atoms with van der Waals surface area (Å²) in [7, 11) is -2.64. The van der Waals surface area contributed by atoms with Crippen LogP contribution in [0.4, 0.5) is 5.69 Å². The highest BCUT2D eigenvalue weighted by Crippen LogP contribution is 2.30. The van der Waals surface area contributed by atoms with Crippen LogP contribution in [-0.4, -0.2) is 50.9 Å². The zero-order valence-electron chi connectivity index (χ0n) is 23.6. The summed E-state index contributed by atoms with van der Waals surface area (Å²) in [5, 5.41) is 3.17. The Labute approximate surface area is 241 Å². The molecule has 3 aromatic carbocycles. The molecule has 0 unspecified atom stereocenters. The molecule has 0 radical (unpaired) electrons. The van der Waals surface area contributed by atoms with Crippen molar-refractivity contribution < 1.29 is 22.7 Å². The monoisotopic (exact) mass is 585 g/mol. The maximum atomic E-state index is 14.0. The number of anilines is 1. The molecule has 0 aliphatic carbocycles. The molecule has 0 heterocycles. The molecule has 0 spiro atoms. The SMILES string of the molecule is COc1cccc(CN(C(=O)CN(c2cc(Cl)ccc2C)S(=O)(=O)c2ccc(C)cc2)[C@H](C)C(=O)NC(C)C)c1. The van der Waals surface area contributed by atoms with Gasteiger partial charge in [-0.1, -0.05) is 47.5 Å². The van der Waals surface area contributed by atoms with E-state index in [1.165, 1.54) is 23.1 Å². The van der Waals surface area contributed by atoms with Crippen LogP contribution in [0, 0.1) is 13.8 Å². The zero-order valence-corrected chi connectivity index (χ0v) is 25.2. The van der Waals surface area contributed by atoms with Crippen LogP contribution in [0.25, 0.3) is 0 Å². The molecule has 0 saturated carbocycles. The van der Waals surface area contributed by atoms with Crippen LogP contribution in [0.5, 0.6) is 5.75 Å². The third-order valence-corrected chi connectivity index (χ3v) is 8.42. The van der Waals surface area contributed by atoms with Crippen LogP contribution < -0.4 is 14.4 Å². The third-order valence-electron chi connectivity index (χ3n) is 6.41. The van der Waals surface area contributed by atoms with Crippen molar-refractivity contribution in [1.29, 1.82) is 0 Å². The Morgan fingerprint density at radius 2 is 1.65 bits per heavy atom. The molecule has 10 heteroatoms. The number of hydrogen-bond donors (Lipinski definition) is 1. The summed E-state index contributed by atoms with van der Waals surface area (Å²) in [4.78, 5) is 28.5. The van der Waals surface area contributed by atoms with E-state index in [4.69, 9.17) is 16.3 Å². The summed E-state index contributed by atoms with van der Waals surface area (Å²) >= 11 is 6.27. The molecule has 0 fully saturated rings. The van der Waals surface area contributed by atoms with Crippen molar-refractivity contribution in [3.63, 3.8) is 0 Å². The molecular formula is C30H36ClN3O5S. The minimum absolute atomic E-state index is 0.0372. The number of carbonyl (C=O) groups is 2. The van der Waals surface area contributed by atoms with Gasteiger partial charge in [-0.05, 0) is 82.1 Å². The number of nitrogens with one attached hydrogen (secondary N) is 1. The molecule has 40 heavy (non-hydrogen) atoms. The summed E-state index contributed by atoms with van der Waals surface area (Å²) in [6.45, 7) is 8.42. The summed E-state index contributed by atoms with van der Waals surface area (Å²) in [5.74, 6) is -0.301. The number of rotatable bonds is 11. The van der Waals surface area contributed by atoms with E-state index in [-0.39, 0.29) is 29.1 Å². The van der Waals surface area contributed by atoms with Gasteiger partial charge in [0.2, 0.25) is 11.8 Å². The first kappa shape index (κ1) is 31.0. The van der Waals surface area contributed by atoms with Crippen molar-refractivity contribution in [2.24, 2.45) is 0 Å². The molecule has 0 aliphatic heterocycles. The van der Waals surface area contributed by atoms with Crippen LogP contribution in [0.15, 0.2) is 71.6 Å². The van der Waals surface area contributed by atoms with E-state index < -0.39 is 28.5 Å². The first-order valence-electron chi connectivity index (χ1n) is 12.9. The van der Waals surface area contributed by atoms with E-state index in [1.54, 1.807) is 63.4 Å². The zero-order chi connectivity index (χ0) is 29.6. The molecule has 3 rings (SSSR count). The molecule has 1 atom stereocenters. The molecule has 0 bridgehead atoms. The Kier molecular flexibility index (Phi) is 10.2. The van der Waals surface area contributed by atoms with E-state index in [9.17, 15) is 18.0 Å². The third kappa shape index (κ3) is 7.55. The molecule has 0 saturated heterocycles. The lowest BCUT2D eigenvalue weighted by atomic mass is 10.1. The standard InChI is InChI=1S/C30H36ClN3O5S/c1-20(2)32-30(36)23(5)33(18-24-8-7-9-26(16-24)39-6)29(35)19-34(28-17-25(31)13-12-22(28)4)40(37,38)27-14-10-21(3)11-15-27/h7-17,20,23H,18-19H2,1-6H3,(H,32,36)/t23-/m1/s1. The van der Waals surface area contributed by atoms with Crippen LogP contribution in [0.3, 0.4) is 0 Å². The van der Waals surface area contributed by atoms with Gasteiger partial charge in [-0.15, -0.1) is 0 Å². The fourth-order valence-electron chi connectivity index (χ4n) is 4.16. The fraction of sp³-hybridized carbons (Fsp3) is 0.333. The number of hydrogen-bond acceptors (Lipinski definition) is 5. The molecule has 0 aliphatic rings. The molecule has 8 nitrogen and oxygen atoms in total. The lowest BCUT2D eigenvalue weighted by Crippen LogP contribution is -2.52. The molecule has 3 aromatic rings. The second-order valence-electron chi connectivity index (χ2n) is 9.97. The van der Waals surface area contributed by atoms with Crippen molar-refractivity contribution in [3.05, 3.63) is 88.4 Å². The van der Waals surface area contributed by atoms with E-state index in [2.05, 4.69) is 5.32 Å². The number of amides is 2. The van der Waals surface area contributed by atoms with Crippen molar-refractivity contribution in [1.82, 2.24) is 10.2 Å². The van der Waals surface area contributed by atoms with Crippen LogP contribution in [0.2, 0.25) is 5.02 Å². The first-order valence-corrected chi connectivity index (χ1v) is 14.7. The Morgan fingerprint density at radius 3 is 2.27 bits per heavy atom. The van der Waals surface area contributed by atoms with Crippen molar-refractivity contribution >= 4 is 39.1 Å². The Bertz CT molecular complexity index is 1460. The molecule has 2 amide bonds. The van der Waals surface area contributed by atoms with Gasteiger partial charge >= 0.3 is 0 Å². The Morgan fingerprint density at radius 1 is 0.975 bits per heavy atom. The highest BCUT2D eigenvalue weighted by molar-refractivity contribution is 7.92. The second-order valence-corrected chi connectivity index (χ2v) is 12.3. The van der Waals surface area contributed by atoms with Gasteiger partial charge < -0.3 is 15.0 Å². The van der Waals surface area contributed by atoms with Gasteiger partial charge in [-0.3, -0.25) is 13.9 Å². The van der Waals surface area contributed by atoms with Gasteiger partial charge in [0, 0.05) is 17.6 Å². The minimum atomic E-state index is -4.18. The summed E-state index contributed by atoms with van der Waals surface area (Å²) in [6, 6.07) is 17.4. The number of methoxy groups -OCH3 is 1. The van der Waals surface area contributed by atoms with Gasteiger partial charge in [0.25, 0.3) is 10.0 Å². The predicted octanol–water partition coefficient (Wildman–Crippen LogP) is 5.10. The van der Waals surface area contributed by atoms with Crippen LogP contribution >= 0.6 is 11.6 Å². The smallest absolute Gasteiger partial charge is 0.264 e. The topological polar surface area (TPSA) is 96.0 Å². The highest BCUT2D eigenvalue weighted by Gasteiger charge is 2.33. The number of carbonyl (C=O) groups excluding carboxylic acids is 2. The number of aryl methyl sites for hydroxylation is 2. The summed E-state index contributed by atoms with van der Waals surface area (Å²) in [6.07, 6.45) is 0. The molecular weight excluding hydrogens is 550 g/mol. The summed E-state index contributed by atoms with van der Waals surface area (Å²) in [5.41, 5.74) is 2.53. The Hall–Kier alpha value is -3.56. The van der Waals surface area contributed by atoms with E-state index >= 15 is 0 Å². The average molecular weight is 586 g/mol. The maximum absolute atomic E-state index is 14.0. The summed E-state index contributed by atoms with van der Waals surface area (Å²) < 4.78 is 34.3. The number of halogens is 1. The second kappa shape index (κ2) is 13.2. The van der Waals surface area contributed by atoms with Crippen molar-refractivity contribution in [2.45, 2.75) is 58.1 Å². The van der Waals surface area contributed by atoms with Gasteiger partial charge in [-0.25, -0.2) is 8.42 Å². The maximum Gasteiger partial charge on any atom is 0.264 e. The van der Waals surface area contributed by atoms with Crippen LogP contribution in [-0.2, 0) is 26.2 Å². The van der Waals surface area contributed by atoms with Crippen molar-refractivity contribution in [2.75, 3.05) is 18.0 Å². The van der Waals surface area contributed by atoms with Crippen LogP contribution in [0.1, 0.15) is 37.5 Å². The average Bonchev–Trinajstić information content (AvgIpc) is 2.91. The number of nitrogens with zero attached hydrogens (tertiary/aromatic N) is 2. The lowest BCUT2D eigenvalue weighted by molar-refractivity contribution is -0.139. The largest absolute Gasteiger partial charge is 0.497 e. The molecule has 214 valence electrons. The minimum Gasteiger partial charge on any atom is -0.497 e. The van der Waals surface area contributed by atoms with E-state index in [0.29, 0.717) is 16.3 Å². The quantitative estimate of drug-likeness (QED) is 0.338. The first-order chi connectivity index (χ1) is 18.8. The van der Waals surface area contributed by atoms with Gasteiger partial charge in [0.05, 0.1) is 17.7 Å². The molecule has 0 aromatic heterocycles. The highest BCUT2D eigenvalue weighted by atomic mass is 35.5. The Balaban J connectivity index is 2.08. The fourth-order valence-corrected chi connectivity index (χ4v) is 5.79. The predicted molar refractivity (Wildman–Crippen MR) is 158 cm³/mol. The van der Waals surface area contributed by atoms with Gasteiger partial charge in [-0.2, -0.15) is 0 Å². The lowest BCUT2D eigenvalue weighted by Gasteiger charge is -2.32. The number of sulfonamides is 1. The van der Waals surface area contributed by atoms with Crippen molar-refractivity contribution in [3.8, 4) is 5.75 Å². The van der Waals surface area contributed by atoms with Gasteiger partial charge in [0.15, 0.2) is 0 Å². The molecule has 1 N–H and O–H groups in total. The number of benzene rings is 3.